The number of nitrogens with zero attached hydrogens (tertiary/aromatic N) is 3. The van der Waals surface area contributed by atoms with Crippen molar-refractivity contribution in [3.63, 3.8) is 0 Å². The van der Waals surface area contributed by atoms with Crippen LogP contribution < -0.4 is 5.73 Å². The Hall–Kier alpha value is -3.42. The molecule has 184 valence electrons. The average Bonchev–Trinajstić information content (AvgIpc) is 3.47. The van der Waals surface area contributed by atoms with Crippen LogP contribution in [-0.2, 0) is 16.5 Å². The molecule has 0 saturated heterocycles. The highest BCUT2D eigenvalue weighted by Crippen LogP contribution is 2.37. The van der Waals surface area contributed by atoms with Crippen LogP contribution in [0, 0.1) is 6.92 Å². The van der Waals surface area contributed by atoms with Gasteiger partial charge in [-0.15, -0.1) is 0 Å². The van der Waals surface area contributed by atoms with Crippen molar-refractivity contribution >= 4 is 5.97 Å². The zero-order valence-electron chi connectivity index (χ0n) is 17.5. The third-order valence-electron chi connectivity index (χ3n) is 5.05. The van der Waals surface area contributed by atoms with Crippen molar-refractivity contribution in [3.8, 4) is 23.0 Å². The van der Waals surface area contributed by atoms with E-state index < -0.39 is 29.4 Å². The van der Waals surface area contributed by atoms with Crippen LogP contribution in [-0.4, -0.2) is 32.4 Å². The van der Waals surface area contributed by atoms with E-state index in [9.17, 15) is 26.3 Å². The molecule has 8 nitrogen and oxygen atoms in total. The van der Waals surface area contributed by atoms with Crippen LogP contribution in [0.4, 0.5) is 26.3 Å². The number of oxazole rings is 1. The van der Waals surface area contributed by atoms with Crippen LogP contribution in [0.2, 0.25) is 0 Å². The minimum atomic E-state index is -5.08. The number of aliphatic carboxylic acids is 1. The van der Waals surface area contributed by atoms with E-state index in [4.69, 9.17) is 24.6 Å². The molecule has 3 aromatic rings. The van der Waals surface area contributed by atoms with Gasteiger partial charge < -0.3 is 19.8 Å². The Balaban J connectivity index is 0.000000406. The van der Waals surface area contributed by atoms with E-state index in [2.05, 4.69) is 15.1 Å². The average molecular weight is 492 g/mol. The number of alkyl halides is 6. The molecule has 0 unspecified atom stereocenters. The van der Waals surface area contributed by atoms with Crippen LogP contribution in [0.15, 0.2) is 33.2 Å². The summed E-state index contributed by atoms with van der Waals surface area (Å²) in [5, 5.41) is 11.1. The molecule has 0 atom stereocenters. The van der Waals surface area contributed by atoms with Crippen molar-refractivity contribution in [1.29, 1.82) is 0 Å². The fourth-order valence-electron chi connectivity index (χ4n) is 3.30. The Morgan fingerprint density at radius 2 is 1.71 bits per heavy atom. The second-order valence-corrected chi connectivity index (χ2v) is 7.59. The van der Waals surface area contributed by atoms with Crippen molar-refractivity contribution in [1.82, 2.24) is 15.1 Å². The van der Waals surface area contributed by atoms with E-state index in [1.807, 2.05) is 0 Å². The van der Waals surface area contributed by atoms with E-state index in [-0.39, 0.29) is 17.3 Å². The highest BCUT2D eigenvalue weighted by atomic mass is 19.4. The van der Waals surface area contributed by atoms with Gasteiger partial charge in [0.25, 0.3) is 5.89 Å². The van der Waals surface area contributed by atoms with Gasteiger partial charge in [-0.25, -0.2) is 9.78 Å². The van der Waals surface area contributed by atoms with E-state index in [0.717, 1.165) is 37.8 Å². The van der Waals surface area contributed by atoms with Crippen LogP contribution >= 0.6 is 0 Å². The molecule has 4 rings (SSSR count). The highest BCUT2D eigenvalue weighted by Gasteiger charge is 2.38. The van der Waals surface area contributed by atoms with Gasteiger partial charge in [0.05, 0.1) is 11.1 Å². The minimum absolute atomic E-state index is 0.0525. The first-order chi connectivity index (χ1) is 15.7. The van der Waals surface area contributed by atoms with Crippen molar-refractivity contribution in [3.05, 3.63) is 41.4 Å². The van der Waals surface area contributed by atoms with Gasteiger partial charge in [0.15, 0.2) is 11.5 Å². The Bertz CT molecular complexity index is 1160. The lowest BCUT2D eigenvalue weighted by Gasteiger charge is -2.17. The largest absolute Gasteiger partial charge is 0.490 e. The molecule has 1 fully saturated rings. The van der Waals surface area contributed by atoms with Crippen LogP contribution in [0.3, 0.4) is 0 Å². The quantitative estimate of drug-likeness (QED) is 0.485. The van der Waals surface area contributed by atoms with Gasteiger partial charge in [-0.05, 0) is 38.0 Å². The lowest BCUT2D eigenvalue weighted by molar-refractivity contribution is -0.192. The lowest BCUT2D eigenvalue weighted by atomic mass is 9.99. The number of carboxylic acids is 1. The van der Waals surface area contributed by atoms with E-state index in [1.54, 1.807) is 6.92 Å². The van der Waals surface area contributed by atoms with E-state index >= 15 is 0 Å². The van der Waals surface area contributed by atoms with Gasteiger partial charge in [0.2, 0.25) is 5.89 Å². The van der Waals surface area contributed by atoms with Gasteiger partial charge in [-0.1, -0.05) is 24.1 Å². The molecule has 1 saturated carbocycles. The maximum Gasteiger partial charge on any atom is 0.490 e. The van der Waals surface area contributed by atoms with E-state index in [0.29, 0.717) is 17.3 Å². The molecule has 0 bridgehead atoms. The number of hydrogen-bond donors (Lipinski definition) is 2. The van der Waals surface area contributed by atoms with Crippen molar-refractivity contribution in [2.75, 3.05) is 0 Å². The number of aryl methyl sites for hydroxylation is 1. The zero-order chi connectivity index (χ0) is 25.3. The molecular weight excluding hydrogens is 474 g/mol. The van der Waals surface area contributed by atoms with Crippen molar-refractivity contribution in [2.24, 2.45) is 5.73 Å². The molecule has 0 aliphatic heterocycles. The SMILES string of the molecule is Cc1oc(-c2cccc(C(F)(F)F)c2)nc1-c1nc(C2(N)CCCC2)no1.O=C(O)C(F)(F)F. The summed E-state index contributed by atoms with van der Waals surface area (Å²) in [4.78, 5) is 17.5. The summed E-state index contributed by atoms with van der Waals surface area (Å²) in [5.74, 6) is -1.78. The summed E-state index contributed by atoms with van der Waals surface area (Å²) < 4.78 is 81.3. The number of rotatable bonds is 3. The molecule has 34 heavy (non-hydrogen) atoms. The molecule has 1 aromatic carbocycles. The minimum Gasteiger partial charge on any atom is -0.475 e. The van der Waals surface area contributed by atoms with Crippen LogP contribution in [0.25, 0.3) is 23.0 Å². The molecule has 1 aliphatic carbocycles. The van der Waals surface area contributed by atoms with Gasteiger partial charge in [0.1, 0.15) is 5.76 Å². The number of hydrogen-bond acceptors (Lipinski definition) is 7. The predicted octanol–water partition coefficient (Wildman–Crippen LogP) is 5.08. The number of halogens is 6. The molecule has 3 N–H and O–H groups in total. The Morgan fingerprint density at radius 1 is 1.09 bits per heavy atom. The number of aromatic nitrogens is 3. The first-order valence-electron chi connectivity index (χ1n) is 9.79. The Labute approximate surface area is 187 Å². The first-order valence-corrected chi connectivity index (χ1v) is 9.79. The molecule has 0 radical (unpaired) electrons. The van der Waals surface area contributed by atoms with E-state index in [1.165, 1.54) is 12.1 Å². The number of nitrogens with two attached hydrogens (primary N) is 1. The second-order valence-electron chi connectivity index (χ2n) is 7.59. The normalized spacial score (nSPS) is 15.6. The fraction of sp³-hybridized carbons (Fsp3) is 0.400. The summed E-state index contributed by atoms with van der Waals surface area (Å²) >= 11 is 0. The molecule has 14 heteroatoms. The van der Waals surface area contributed by atoms with Gasteiger partial charge in [0, 0.05) is 5.56 Å². The number of benzene rings is 1. The monoisotopic (exact) mass is 492 g/mol. The van der Waals surface area contributed by atoms with Crippen LogP contribution in [0.1, 0.15) is 42.8 Å². The highest BCUT2D eigenvalue weighted by molar-refractivity contribution is 5.73. The molecule has 0 spiro atoms. The molecule has 2 aromatic heterocycles. The molecule has 2 heterocycles. The topological polar surface area (TPSA) is 128 Å². The van der Waals surface area contributed by atoms with Crippen molar-refractivity contribution < 1.29 is 45.2 Å². The maximum absolute atomic E-state index is 12.9. The number of carboxylic acid groups (broad SMARTS) is 1. The summed E-state index contributed by atoms with van der Waals surface area (Å²) in [6, 6.07) is 4.78. The number of carbonyl (C=O) groups is 1. The third-order valence-corrected chi connectivity index (χ3v) is 5.05. The third kappa shape index (κ3) is 5.55. The lowest BCUT2D eigenvalue weighted by Crippen LogP contribution is -2.34. The first kappa shape index (κ1) is 25.2. The Morgan fingerprint density at radius 3 is 2.26 bits per heavy atom. The predicted molar refractivity (Wildman–Crippen MR) is 103 cm³/mol. The smallest absolute Gasteiger partial charge is 0.475 e. The summed E-state index contributed by atoms with van der Waals surface area (Å²) in [6.45, 7) is 1.64. The zero-order valence-corrected chi connectivity index (χ0v) is 17.5. The second kappa shape index (κ2) is 9.08. The van der Waals surface area contributed by atoms with Crippen LogP contribution in [0.5, 0.6) is 0 Å². The molecule has 0 amide bonds. The van der Waals surface area contributed by atoms with Crippen molar-refractivity contribution in [2.45, 2.75) is 50.5 Å². The van der Waals surface area contributed by atoms with Gasteiger partial charge in [-0.2, -0.15) is 31.3 Å². The van der Waals surface area contributed by atoms with Gasteiger partial charge in [-0.3, -0.25) is 0 Å². The van der Waals surface area contributed by atoms with Gasteiger partial charge >= 0.3 is 18.3 Å². The summed E-state index contributed by atoms with van der Waals surface area (Å²) in [6.07, 6.45) is -5.97. The standard InChI is InChI=1S/C18H17F3N4O2.C2HF3O2/c1-10-13(15-24-16(25-27-15)17(22)7-2-3-8-17)23-14(26-10)11-5-4-6-12(9-11)18(19,20)21;3-2(4,5)1(6)7/h4-6,9H,2-3,7-8,22H2,1H3;(H,6,7). The maximum atomic E-state index is 12.9. The molecular formula is C20H18F6N4O4. The Kier molecular flexibility index (Phi) is 6.73. The fourth-order valence-corrected chi connectivity index (χ4v) is 3.30. The summed E-state index contributed by atoms with van der Waals surface area (Å²) in [7, 11) is 0. The summed E-state index contributed by atoms with van der Waals surface area (Å²) in [5.41, 5.74) is 5.45. The molecule has 1 aliphatic rings.